The predicted octanol–water partition coefficient (Wildman–Crippen LogP) is 1.81. The Labute approximate surface area is 67.9 Å². The van der Waals surface area contributed by atoms with Crippen LogP contribution in [0.2, 0.25) is 0 Å². The zero-order chi connectivity index (χ0) is 7.56. The molecule has 0 aromatic heterocycles. The number of halogens is 1. The van der Waals surface area contributed by atoms with Gasteiger partial charge in [0.2, 0.25) is 5.30 Å². The zero-order valence-corrected chi connectivity index (χ0v) is 7.47. The van der Waals surface area contributed by atoms with E-state index >= 15 is 0 Å². The van der Waals surface area contributed by atoms with Crippen LogP contribution in [0.1, 0.15) is 0 Å². The summed E-state index contributed by atoms with van der Waals surface area (Å²) in [5.41, 5.74) is 0. The lowest BCUT2D eigenvalue weighted by molar-refractivity contribution is 0.513. The van der Waals surface area contributed by atoms with Crippen molar-refractivity contribution in [3.8, 4) is 0 Å². The summed E-state index contributed by atoms with van der Waals surface area (Å²) in [5.74, 6) is 0. The Kier molecular flexibility index (Phi) is 2.55. The Morgan fingerprint density at radius 2 is 2.20 bits per heavy atom. The van der Waals surface area contributed by atoms with Crippen LogP contribution in [0.5, 0.6) is 0 Å². The minimum atomic E-state index is -2.19. The predicted molar refractivity (Wildman–Crippen MR) is 43.6 cm³/mol. The first-order chi connectivity index (χ1) is 4.70. The van der Waals surface area contributed by atoms with Gasteiger partial charge < -0.3 is 0 Å². The molecule has 1 aromatic rings. The van der Waals surface area contributed by atoms with Crippen molar-refractivity contribution >= 4 is 29.3 Å². The summed E-state index contributed by atoms with van der Waals surface area (Å²) in [6.45, 7) is 0. The molecule has 2 nitrogen and oxygen atoms in total. The number of benzene rings is 1. The topological polar surface area (TPSA) is 37.3 Å². The van der Waals surface area contributed by atoms with Crippen molar-refractivity contribution in [2.75, 3.05) is 0 Å². The Hall–Kier alpha value is -0.240. The molecule has 0 aliphatic rings. The van der Waals surface area contributed by atoms with Gasteiger partial charge in [-0.3, -0.25) is 0 Å². The molecule has 0 aliphatic heterocycles. The normalized spacial score (nSPS) is 11.2. The quantitative estimate of drug-likeness (QED) is 0.732. The van der Waals surface area contributed by atoms with E-state index in [0.717, 1.165) is 4.47 Å². The van der Waals surface area contributed by atoms with E-state index in [2.05, 4.69) is 15.9 Å². The van der Waals surface area contributed by atoms with Gasteiger partial charge in [-0.1, -0.05) is 22.0 Å². The maximum absolute atomic E-state index is 10.5. The van der Waals surface area contributed by atoms with Crippen LogP contribution in [-0.2, 0) is 4.57 Å². The van der Waals surface area contributed by atoms with Gasteiger partial charge in [-0.15, -0.1) is 0 Å². The lowest BCUT2D eigenvalue weighted by Crippen LogP contribution is -1.93. The molecule has 0 bridgehead atoms. The molecule has 1 unspecified atom stereocenters. The summed E-state index contributed by atoms with van der Waals surface area (Å²) in [4.78, 5) is 8.64. The molecule has 0 aliphatic carbocycles. The van der Waals surface area contributed by atoms with Crippen LogP contribution in [0.25, 0.3) is 0 Å². The molecule has 0 saturated carbocycles. The molecular formula is C6H5BrO2P+. The van der Waals surface area contributed by atoms with Crippen molar-refractivity contribution in [3.63, 3.8) is 0 Å². The first-order valence-corrected chi connectivity index (χ1v) is 4.62. The maximum atomic E-state index is 10.5. The first kappa shape index (κ1) is 7.86. The molecule has 0 spiro atoms. The number of hydrogen-bond acceptors (Lipinski definition) is 1. The van der Waals surface area contributed by atoms with E-state index in [9.17, 15) is 4.57 Å². The van der Waals surface area contributed by atoms with Gasteiger partial charge in [0.1, 0.15) is 0 Å². The second-order valence-electron chi connectivity index (χ2n) is 1.75. The highest BCUT2D eigenvalue weighted by Crippen LogP contribution is 2.15. The van der Waals surface area contributed by atoms with Gasteiger partial charge in [0.05, 0.1) is 0 Å². The Morgan fingerprint density at radius 1 is 1.50 bits per heavy atom. The lowest BCUT2D eigenvalue weighted by atomic mass is 10.4. The third-order valence-corrected chi connectivity index (χ3v) is 2.24. The van der Waals surface area contributed by atoms with E-state index < -0.39 is 8.03 Å². The van der Waals surface area contributed by atoms with Gasteiger partial charge in [0.25, 0.3) is 0 Å². The molecule has 0 heterocycles. The molecule has 0 fully saturated rings. The maximum Gasteiger partial charge on any atom is 0.546 e. The molecule has 4 heteroatoms. The van der Waals surface area contributed by atoms with E-state index in [0.29, 0.717) is 5.30 Å². The van der Waals surface area contributed by atoms with Gasteiger partial charge in [0, 0.05) is 10.5 Å². The van der Waals surface area contributed by atoms with Crippen LogP contribution in [-0.4, -0.2) is 4.89 Å². The van der Waals surface area contributed by atoms with E-state index in [1.54, 1.807) is 18.2 Å². The molecule has 1 atom stereocenters. The molecule has 1 aromatic carbocycles. The van der Waals surface area contributed by atoms with E-state index in [-0.39, 0.29) is 0 Å². The standard InChI is InChI=1S/C6H4BrO2P/c7-5-2-1-3-6(4-5)10(8)9/h1-4H/p+1. The van der Waals surface area contributed by atoms with E-state index in [1.807, 2.05) is 6.07 Å². The monoisotopic (exact) mass is 219 g/mol. The van der Waals surface area contributed by atoms with Crippen molar-refractivity contribution in [2.24, 2.45) is 0 Å². The Balaban J connectivity index is 3.07. The fourth-order valence-corrected chi connectivity index (χ4v) is 1.63. The summed E-state index contributed by atoms with van der Waals surface area (Å²) in [7, 11) is -2.19. The summed E-state index contributed by atoms with van der Waals surface area (Å²) < 4.78 is 11.3. The molecule has 0 saturated heterocycles. The summed E-state index contributed by atoms with van der Waals surface area (Å²) in [6.07, 6.45) is 0. The Bertz CT molecular complexity index is 262. The fourth-order valence-electron chi connectivity index (χ4n) is 0.595. The van der Waals surface area contributed by atoms with Crippen LogP contribution >= 0.6 is 24.0 Å². The number of hydrogen-bond donors (Lipinski definition) is 1. The third kappa shape index (κ3) is 1.87. The van der Waals surface area contributed by atoms with Crippen molar-refractivity contribution in [3.05, 3.63) is 28.7 Å². The second-order valence-corrected chi connectivity index (χ2v) is 3.73. The van der Waals surface area contributed by atoms with Crippen molar-refractivity contribution in [1.82, 2.24) is 0 Å². The fraction of sp³-hybridized carbons (Fsp3) is 0. The van der Waals surface area contributed by atoms with Crippen LogP contribution in [0.4, 0.5) is 0 Å². The third-order valence-electron chi connectivity index (χ3n) is 1.03. The van der Waals surface area contributed by atoms with Crippen LogP contribution in [0.3, 0.4) is 0 Å². The van der Waals surface area contributed by atoms with Gasteiger partial charge in [-0.2, -0.15) is 4.89 Å². The molecule has 0 amide bonds. The Morgan fingerprint density at radius 3 is 2.60 bits per heavy atom. The molecule has 1 rings (SSSR count). The summed E-state index contributed by atoms with van der Waals surface area (Å²) >= 11 is 3.19. The molecule has 0 radical (unpaired) electrons. The molecule has 1 N–H and O–H groups in total. The van der Waals surface area contributed by atoms with Crippen molar-refractivity contribution in [1.29, 1.82) is 0 Å². The van der Waals surface area contributed by atoms with Crippen LogP contribution in [0.15, 0.2) is 28.7 Å². The van der Waals surface area contributed by atoms with Crippen LogP contribution < -0.4 is 5.30 Å². The van der Waals surface area contributed by atoms with Crippen molar-refractivity contribution in [2.45, 2.75) is 0 Å². The highest BCUT2D eigenvalue weighted by atomic mass is 79.9. The average molecular weight is 220 g/mol. The molecule has 10 heavy (non-hydrogen) atoms. The van der Waals surface area contributed by atoms with Gasteiger partial charge >= 0.3 is 8.03 Å². The first-order valence-electron chi connectivity index (χ1n) is 2.62. The minimum Gasteiger partial charge on any atom is -0.156 e. The van der Waals surface area contributed by atoms with Crippen molar-refractivity contribution < 1.29 is 9.46 Å². The smallest absolute Gasteiger partial charge is 0.156 e. The van der Waals surface area contributed by atoms with Crippen LogP contribution in [0, 0.1) is 0 Å². The second kappa shape index (κ2) is 3.24. The lowest BCUT2D eigenvalue weighted by Gasteiger charge is -1.84. The highest BCUT2D eigenvalue weighted by Gasteiger charge is 2.14. The molecular weight excluding hydrogens is 215 g/mol. The zero-order valence-electron chi connectivity index (χ0n) is 4.99. The van der Waals surface area contributed by atoms with E-state index in [4.69, 9.17) is 4.89 Å². The molecule has 52 valence electrons. The summed E-state index contributed by atoms with van der Waals surface area (Å²) in [6, 6.07) is 6.77. The van der Waals surface area contributed by atoms with Gasteiger partial charge in [-0.05, 0) is 16.7 Å². The SMILES string of the molecule is O=[P+](O)c1cccc(Br)c1. The summed E-state index contributed by atoms with van der Waals surface area (Å²) in [5, 5.41) is 0.448. The highest BCUT2D eigenvalue weighted by molar-refractivity contribution is 9.10. The number of rotatable bonds is 1. The largest absolute Gasteiger partial charge is 0.546 e. The van der Waals surface area contributed by atoms with Gasteiger partial charge in [0.15, 0.2) is 0 Å². The average Bonchev–Trinajstić information content (AvgIpc) is 1.88. The van der Waals surface area contributed by atoms with Gasteiger partial charge in [-0.25, -0.2) is 0 Å². The van der Waals surface area contributed by atoms with E-state index in [1.165, 1.54) is 0 Å². The minimum absolute atomic E-state index is 0.448.